The normalized spacial score (nSPS) is 21.8. The first-order valence-electron chi connectivity index (χ1n) is 9.74. The molecule has 0 aliphatic carbocycles. The minimum absolute atomic E-state index is 0. The SMILES string of the molecule is CCOc1ccc(N2CC(O)(c3ccc(Cl)cc3)[N+]3=C2CCCCC3)cc1.[Br-]. The van der Waals surface area contributed by atoms with Crippen LogP contribution in [0.3, 0.4) is 0 Å². The van der Waals surface area contributed by atoms with E-state index in [1.165, 1.54) is 12.3 Å². The number of benzene rings is 2. The second-order valence-corrected chi connectivity index (χ2v) is 7.65. The van der Waals surface area contributed by atoms with Crippen molar-refractivity contribution in [3.05, 3.63) is 59.1 Å². The van der Waals surface area contributed by atoms with Gasteiger partial charge in [-0.1, -0.05) is 23.7 Å². The number of amidine groups is 1. The molecule has 0 radical (unpaired) electrons. The average Bonchev–Trinajstić information content (AvgIpc) is 2.84. The van der Waals surface area contributed by atoms with E-state index < -0.39 is 5.72 Å². The molecule has 1 unspecified atom stereocenters. The molecule has 2 aromatic rings. The highest BCUT2D eigenvalue weighted by atomic mass is 79.9. The van der Waals surface area contributed by atoms with E-state index in [9.17, 15) is 5.11 Å². The fraction of sp³-hybridized carbons (Fsp3) is 0.409. The Kier molecular flexibility index (Phi) is 6.69. The van der Waals surface area contributed by atoms with Gasteiger partial charge in [0.25, 0.3) is 11.6 Å². The van der Waals surface area contributed by atoms with Gasteiger partial charge in [-0.05, 0) is 62.6 Å². The maximum absolute atomic E-state index is 11.7. The lowest BCUT2D eigenvalue weighted by molar-refractivity contribution is -0.658. The molecule has 4 nitrogen and oxygen atoms in total. The molecule has 4 rings (SSSR count). The van der Waals surface area contributed by atoms with Crippen LogP contribution in [0.15, 0.2) is 48.5 Å². The van der Waals surface area contributed by atoms with Crippen LogP contribution in [0.25, 0.3) is 0 Å². The summed E-state index contributed by atoms with van der Waals surface area (Å²) in [5.74, 6) is 2.07. The minimum atomic E-state index is -1.04. The number of rotatable bonds is 4. The van der Waals surface area contributed by atoms with Crippen LogP contribution < -0.4 is 26.6 Å². The summed E-state index contributed by atoms with van der Waals surface area (Å²) in [4.78, 5) is 2.26. The van der Waals surface area contributed by atoms with Crippen LogP contribution in [0.4, 0.5) is 5.69 Å². The van der Waals surface area contributed by atoms with Crippen LogP contribution in [-0.2, 0) is 5.72 Å². The van der Waals surface area contributed by atoms with Gasteiger partial charge in [-0.25, -0.2) is 9.48 Å². The first-order chi connectivity index (χ1) is 13.1. The van der Waals surface area contributed by atoms with Gasteiger partial charge in [0, 0.05) is 17.0 Å². The van der Waals surface area contributed by atoms with Crippen molar-refractivity contribution < 1.29 is 31.4 Å². The number of nitrogens with zero attached hydrogens (tertiary/aromatic N) is 2. The zero-order valence-corrected chi connectivity index (χ0v) is 18.4. The molecule has 0 saturated heterocycles. The van der Waals surface area contributed by atoms with E-state index in [0.717, 1.165) is 42.8 Å². The molecule has 0 spiro atoms. The third-order valence-electron chi connectivity index (χ3n) is 5.50. The zero-order chi connectivity index (χ0) is 18.9. The highest BCUT2D eigenvalue weighted by Crippen LogP contribution is 2.36. The molecule has 2 aliphatic heterocycles. The third-order valence-corrected chi connectivity index (χ3v) is 5.75. The number of halogens is 2. The highest BCUT2D eigenvalue weighted by Gasteiger charge is 2.51. The van der Waals surface area contributed by atoms with Gasteiger partial charge in [-0.2, -0.15) is 0 Å². The van der Waals surface area contributed by atoms with Crippen molar-refractivity contribution in [3.63, 3.8) is 0 Å². The van der Waals surface area contributed by atoms with E-state index in [0.29, 0.717) is 18.2 Å². The van der Waals surface area contributed by atoms with Crippen molar-refractivity contribution in [1.82, 2.24) is 0 Å². The second-order valence-electron chi connectivity index (χ2n) is 7.22. The van der Waals surface area contributed by atoms with Crippen LogP contribution in [-0.4, -0.2) is 35.2 Å². The lowest BCUT2D eigenvalue weighted by Crippen LogP contribution is -3.00. The van der Waals surface area contributed by atoms with Crippen LogP contribution >= 0.6 is 11.6 Å². The summed E-state index contributed by atoms with van der Waals surface area (Å²) in [5, 5.41) is 12.4. The number of hydrogen-bond donors (Lipinski definition) is 1. The molecule has 0 saturated carbocycles. The standard InChI is InChI=1S/C22H26ClN2O2.BrH/c1-2-27-20-13-11-19(12-14-20)24-16-22(26,17-7-9-18(23)10-8-17)25-15-5-3-4-6-21(24)25;/h7-14,26H,2-6,15-16H2,1H3;1H/q+1;/p-1. The van der Waals surface area contributed by atoms with E-state index >= 15 is 0 Å². The maximum Gasteiger partial charge on any atom is 0.271 e. The average molecular weight is 466 g/mol. The first kappa shape index (κ1) is 21.2. The Morgan fingerprint density at radius 2 is 1.79 bits per heavy atom. The minimum Gasteiger partial charge on any atom is -1.00 e. The molecule has 1 atom stereocenters. The Balaban J connectivity index is 0.00000225. The van der Waals surface area contributed by atoms with E-state index in [1.54, 1.807) is 0 Å². The van der Waals surface area contributed by atoms with Gasteiger partial charge in [0.05, 0.1) is 13.2 Å². The molecule has 6 heteroatoms. The van der Waals surface area contributed by atoms with Crippen molar-refractivity contribution >= 4 is 23.1 Å². The first-order valence-corrected chi connectivity index (χ1v) is 10.1. The predicted molar refractivity (Wildman–Crippen MR) is 109 cm³/mol. The molecular weight excluding hydrogens is 440 g/mol. The largest absolute Gasteiger partial charge is 1.00 e. The summed E-state index contributed by atoms with van der Waals surface area (Å²) < 4.78 is 7.77. The zero-order valence-electron chi connectivity index (χ0n) is 16.1. The Bertz CT molecular complexity index is 839. The Labute approximate surface area is 182 Å². The van der Waals surface area contributed by atoms with Crippen molar-refractivity contribution in [3.8, 4) is 5.75 Å². The van der Waals surface area contributed by atoms with Gasteiger partial charge in [0.15, 0.2) is 6.54 Å². The molecule has 28 heavy (non-hydrogen) atoms. The molecule has 0 aromatic heterocycles. The van der Waals surface area contributed by atoms with Crippen molar-refractivity contribution in [1.29, 1.82) is 0 Å². The Morgan fingerprint density at radius 3 is 2.46 bits per heavy atom. The van der Waals surface area contributed by atoms with Crippen LogP contribution in [0, 0.1) is 0 Å². The van der Waals surface area contributed by atoms with Gasteiger partial charge in [0.1, 0.15) is 11.4 Å². The maximum atomic E-state index is 11.7. The van der Waals surface area contributed by atoms with Crippen LogP contribution in [0.2, 0.25) is 5.02 Å². The molecule has 2 aromatic carbocycles. The summed E-state index contributed by atoms with van der Waals surface area (Å²) in [6.45, 7) is 4.02. The number of ether oxygens (including phenoxy) is 1. The van der Waals surface area contributed by atoms with Crippen LogP contribution in [0.5, 0.6) is 5.75 Å². The van der Waals surface area contributed by atoms with E-state index in [2.05, 4.69) is 21.6 Å². The number of aliphatic hydroxyl groups is 1. The third kappa shape index (κ3) is 3.93. The van der Waals surface area contributed by atoms with Gasteiger partial charge < -0.3 is 26.8 Å². The van der Waals surface area contributed by atoms with Crippen molar-refractivity contribution in [2.45, 2.75) is 38.3 Å². The number of hydrogen-bond acceptors (Lipinski definition) is 3. The van der Waals surface area contributed by atoms with E-state index in [-0.39, 0.29) is 17.0 Å². The van der Waals surface area contributed by atoms with E-state index in [4.69, 9.17) is 16.3 Å². The predicted octanol–water partition coefficient (Wildman–Crippen LogP) is 1.39. The lowest BCUT2D eigenvalue weighted by atomic mass is 10.0. The van der Waals surface area contributed by atoms with Crippen molar-refractivity contribution in [2.75, 3.05) is 24.6 Å². The Morgan fingerprint density at radius 1 is 1.07 bits per heavy atom. The molecule has 150 valence electrons. The van der Waals surface area contributed by atoms with Crippen LogP contribution in [0.1, 0.15) is 38.2 Å². The summed E-state index contributed by atoms with van der Waals surface area (Å²) in [7, 11) is 0. The van der Waals surface area contributed by atoms with Crippen molar-refractivity contribution in [2.24, 2.45) is 0 Å². The lowest BCUT2D eigenvalue weighted by Gasteiger charge is -2.23. The van der Waals surface area contributed by atoms with E-state index in [1.807, 2.05) is 43.3 Å². The smallest absolute Gasteiger partial charge is 0.271 e. The topological polar surface area (TPSA) is 35.7 Å². The molecule has 0 fully saturated rings. The van der Waals surface area contributed by atoms with Gasteiger partial charge in [-0.15, -0.1) is 0 Å². The van der Waals surface area contributed by atoms with Gasteiger partial charge >= 0.3 is 0 Å². The van der Waals surface area contributed by atoms with Gasteiger partial charge in [0.2, 0.25) is 0 Å². The van der Waals surface area contributed by atoms with Gasteiger partial charge in [-0.3, -0.25) is 0 Å². The summed E-state index contributed by atoms with van der Waals surface area (Å²) in [6.07, 6.45) is 4.41. The fourth-order valence-corrected chi connectivity index (χ4v) is 4.29. The number of anilines is 1. The fourth-order valence-electron chi connectivity index (χ4n) is 4.16. The molecule has 0 amide bonds. The number of β-amino-alcohol motifs (C(OH)–C–C–N with tert-alkyl or cyclic N) is 1. The Hall–Kier alpha value is -1.56. The quantitative estimate of drug-likeness (QED) is 0.693. The molecular formula is C22H26BrClN2O2. The highest BCUT2D eigenvalue weighted by molar-refractivity contribution is 6.30. The monoisotopic (exact) mass is 464 g/mol. The summed E-state index contributed by atoms with van der Waals surface area (Å²) in [6, 6.07) is 15.7. The molecule has 1 N–H and O–H groups in total. The molecule has 2 heterocycles. The molecule has 0 bridgehead atoms. The molecule has 2 aliphatic rings. The summed E-state index contributed by atoms with van der Waals surface area (Å²) in [5.41, 5.74) is 0.938. The summed E-state index contributed by atoms with van der Waals surface area (Å²) >= 11 is 6.07. The second kappa shape index (κ2) is 8.85.